The number of benzene rings is 2. The summed E-state index contributed by atoms with van der Waals surface area (Å²) >= 11 is 0. The van der Waals surface area contributed by atoms with E-state index in [4.69, 9.17) is 4.74 Å². The van der Waals surface area contributed by atoms with Crippen LogP contribution >= 0.6 is 0 Å². The number of aromatic hydroxyl groups is 1. The van der Waals surface area contributed by atoms with Crippen LogP contribution in [0.1, 0.15) is 29.2 Å². The molecule has 5 heteroatoms. The molecular formula is C21H29N3O2. The number of phenols is 1. The number of rotatable bonds is 7. The van der Waals surface area contributed by atoms with Crippen LogP contribution in [0.2, 0.25) is 0 Å². The van der Waals surface area contributed by atoms with Crippen molar-refractivity contribution in [2.75, 3.05) is 20.2 Å². The van der Waals surface area contributed by atoms with Gasteiger partial charge < -0.3 is 20.5 Å². The summed E-state index contributed by atoms with van der Waals surface area (Å²) < 4.78 is 5.39. The Morgan fingerprint density at radius 2 is 1.81 bits per heavy atom. The lowest BCUT2D eigenvalue weighted by molar-refractivity contribution is 0.409. The summed E-state index contributed by atoms with van der Waals surface area (Å²) in [6, 6.07) is 12.0. The highest BCUT2D eigenvalue weighted by molar-refractivity contribution is 5.79. The first-order chi connectivity index (χ1) is 12.5. The Hall–Kier alpha value is -2.69. The minimum absolute atomic E-state index is 0.361. The molecule has 0 atom stereocenters. The van der Waals surface area contributed by atoms with Crippen molar-refractivity contribution in [3.8, 4) is 11.5 Å². The van der Waals surface area contributed by atoms with Gasteiger partial charge in [0.15, 0.2) is 5.96 Å². The van der Waals surface area contributed by atoms with Crippen LogP contribution in [-0.2, 0) is 13.0 Å². The summed E-state index contributed by atoms with van der Waals surface area (Å²) in [5, 5.41) is 16.5. The SMILES string of the molecule is CCNC(=NCc1cc(C)c(O)c(C)c1)NCCc1ccccc1OC. The third kappa shape index (κ3) is 5.41. The van der Waals surface area contributed by atoms with Gasteiger partial charge in [0.1, 0.15) is 11.5 Å². The number of ether oxygens (including phenoxy) is 1. The minimum atomic E-state index is 0.361. The van der Waals surface area contributed by atoms with Crippen LogP contribution < -0.4 is 15.4 Å². The molecule has 0 aliphatic rings. The summed E-state index contributed by atoms with van der Waals surface area (Å²) in [4.78, 5) is 4.65. The Morgan fingerprint density at radius 1 is 1.12 bits per heavy atom. The standard InChI is InChI=1S/C21H29N3O2/c1-5-22-21(23-11-10-18-8-6-7-9-19(18)26-4)24-14-17-12-15(2)20(25)16(3)13-17/h6-9,12-13,25H,5,10-11,14H2,1-4H3,(H2,22,23,24). The Morgan fingerprint density at radius 3 is 2.46 bits per heavy atom. The van der Waals surface area contributed by atoms with Gasteiger partial charge in [0.25, 0.3) is 0 Å². The highest BCUT2D eigenvalue weighted by Gasteiger charge is 2.05. The van der Waals surface area contributed by atoms with Gasteiger partial charge in [-0.25, -0.2) is 4.99 Å². The number of aryl methyl sites for hydroxylation is 2. The zero-order chi connectivity index (χ0) is 18.9. The highest BCUT2D eigenvalue weighted by Crippen LogP contribution is 2.23. The summed E-state index contributed by atoms with van der Waals surface area (Å²) in [7, 11) is 1.69. The number of hydrogen-bond acceptors (Lipinski definition) is 3. The third-order valence-corrected chi connectivity index (χ3v) is 4.19. The van der Waals surface area contributed by atoms with E-state index in [0.717, 1.165) is 47.9 Å². The number of nitrogens with zero attached hydrogens (tertiary/aromatic N) is 1. The molecule has 0 unspecified atom stereocenters. The zero-order valence-electron chi connectivity index (χ0n) is 16.1. The van der Waals surface area contributed by atoms with Crippen molar-refractivity contribution in [1.29, 1.82) is 0 Å². The first-order valence-corrected chi connectivity index (χ1v) is 8.98. The van der Waals surface area contributed by atoms with Gasteiger partial charge >= 0.3 is 0 Å². The van der Waals surface area contributed by atoms with Crippen LogP contribution in [0.3, 0.4) is 0 Å². The molecule has 0 saturated heterocycles. The lowest BCUT2D eigenvalue weighted by atomic mass is 10.1. The van der Waals surface area contributed by atoms with Crippen LogP contribution in [0, 0.1) is 13.8 Å². The summed E-state index contributed by atoms with van der Waals surface area (Å²) in [6.45, 7) is 7.99. The maximum Gasteiger partial charge on any atom is 0.191 e. The molecule has 3 N–H and O–H groups in total. The van der Waals surface area contributed by atoms with Gasteiger partial charge in [0.2, 0.25) is 0 Å². The molecule has 0 saturated carbocycles. The van der Waals surface area contributed by atoms with Crippen LogP contribution in [0.15, 0.2) is 41.4 Å². The van der Waals surface area contributed by atoms with Crippen molar-refractivity contribution in [3.05, 3.63) is 58.7 Å². The number of nitrogens with one attached hydrogen (secondary N) is 2. The fourth-order valence-electron chi connectivity index (χ4n) is 2.87. The van der Waals surface area contributed by atoms with Crippen molar-refractivity contribution >= 4 is 5.96 Å². The second-order valence-corrected chi connectivity index (χ2v) is 6.26. The quantitative estimate of drug-likeness (QED) is 0.527. The van der Waals surface area contributed by atoms with Gasteiger partial charge in [-0.3, -0.25) is 0 Å². The van der Waals surface area contributed by atoms with Crippen LogP contribution in [0.5, 0.6) is 11.5 Å². The van der Waals surface area contributed by atoms with E-state index < -0.39 is 0 Å². The van der Waals surface area contributed by atoms with Crippen molar-refractivity contribution in [2.24, 2.45) is 4.99 Å². The lowest BCUT2D eigenvalue weighted by Crippen LogP contribution is -2.38. The van der Waals surface area contributed by atoms with E-state index in [2.05, 4.69) is 21.7 Å². The number of aliphatic imine (C=N–C) groups is 1. The molecule has 0 aliphatic carbocycles. The number of para-hydroxylation sites is 1. The maximum atomic E-state index is 9.89. The molecule has 2 aromatic carbocycles. The first-order valence-electron chi connectivity index (χ1n) is 8.98. The summed E-state index contributed by atoms with van der Waals surface area (Å²) in [5.74, 6) is 2.05. The van der Waals surface area contributed by atoms with E-state index in [1.807, 2.05) is 51.1 Å². The molecular weight excluding hydrogens is 326 g/mol. The molecule has 2 aromatic rings. The molecule has 140 valence electrons. The molecule has 2 rings (SSSR count). The predicted octanol–water partition coefficient (Wildman–Crippen LogP) is 3.32. The Kier molecular flexibility index (Phi) is 7.33. The second kappa shape index (κ2) is 9.70. The molecule has 26 heavy (non-hydrogen) atoms. The fourth-order valence-corrected chi connectivity index (χ4v) is 2.87. The lowest BCUT2D eigenvalue weighted by Gasteiger charge is -2.13. The van der Waals surface area contributed by atoms with Gasteiger partial charge in [-0.15, -0.1) is 0 Å². The molecule has 0 radical (unpaired) electrons. The van der Waals surface area contributed by atoms with E-state index in [9.17, 15) is 5.11 Å². The van der Waals surface area contributed by atoms with E-state index >= 15 is 0 Å². The molecule has 0 fully saturated rings. The van der Waals surface area contributed by atoms with Gasteiger partial charge in [0.05, 0.1) is 13.7 Å². The van der Waals surface area contributed by atoms with Crippen molar-refractivity contribution in [3.63, 3.8) is 0 Å². The largest absolute Gasteiger partial charge is 0.507 e. The van der Waals surface area contributed by atoms with Crippen LogP contribution in [0.4, 0.5) is 0 Å². The minimum Gasteiger partial charge on any atom is -0.507 e. The van der Waals surface area contributed by atoms with Crippen molar-refractivity contribution < 1.29 is 9.84 Å². The van der Waals surface area contributed by atoms with Crippen molar-refractivity contribution in [2.45, 2.75) is 33.7 Å². The second-order valence-electron chi connectivity index (χ2n) is 6.26. The first kappa shape index (κ1) is 19.6. The van der Waals surface area contributed by atoms with Crippen LogP contribution in [-0.4, -0.2) is 31.3 Å². The van der Waals surface area contributed by atoms with Crippen molar-refractivity contribution in [1.82, 2.24) is 10.6 Å². The molecule has 5 nitrogen and oxygen atoms in total. The summed E-state index contributed by atoms with van der Waals surface area (Å²) in [5.41, 5.74) is 4.01. The molecule has 0 heterocycles. The van der Waals surface area contributed by atoms with Gasteiger partial charge in [0, 0.05) is 13.1 Å². The topological polar surface area (TPSA) is 65.9 Å². The predicted molar refractivity (Wildman–Crippen MR) is 107 cm³/mol. The normalized spacial score (nSPS) is 11.3. The van der Waals surface area contributed by atoms with Gasteiger partial charge in [-0.05, 0) is 55.5 Å². The smallest absolute Gasteiger partial charge is 0.191 e. The zero-order valence-corrected chi connectivity index (χ0v) is 16.1. The average molecular weight is 355 g/mol. The number of phenolic OH excluding ortho intramolecular Hbond substituents is 1. The summed E-state index contributed by atoms with van der Waals surface area (Å²) in [6.07, 6.45) is 0.853. The maximum absolute atomic E-state index is 9.89. The highest BCUT2D eigenvalue weighted by atomic mass is 16.5. The van der Waals surface area contributed by atoms with Gasteiger partial charge in [-0.1, -0.05) is 30.3 Å². The number of hydrogen-bond donors (Lipinski definition) is 3. The molecule has 0 aliphatic heterocycles. The molecule has 0 aromatic heterocycles. The number of guanidine groups is 1. The fraction of sp³-hybridized carbons (Fsp3) is 0.381. The molecule has 0 bridgehead atoms. The van der Waals surface area contributed by atoms with E-state index in [1.165, 1.54) is 5.56 Å². The Bertz CT molecular complexity index is 734. The monoisotopic (exact) mass is 355 g/mol. The average Bonchev–Trinajstić information content (AvgIpc) is 2.64. The number of methoxy groups -OCH3 is 1. The Labute approximate surface area is 156 Å². The molecule has 0 spiro atoms. The third-order valence-electron chi connectivity index (χ3n) is 4.19. The van der Waals surface area contributed by atoms with E-state index in [1.54, 1.807) is 7.11 Å². The van der Waals surface area contributed by atoms with Gasteiger partial charge in [-0.2, -0.15) is 0 Å². The Balaban J connectivity index is 1.98. The van der Waals surface area contributed by atoms with E-state index in [-0.39, 0.29) is 0 Å². The van der Waals surface area contributed by atoms with E-state index in [0.29, 0.717) is 12.3 Å². The van der Waals surface area contributed by atoms with Crippen LogP contribution in [0.25, 0.3) is 0 Å². The molecule has 0 amide bonds.